The van der Waals surface area contributed by atoms with Gasteiger partial charge in [0.25, 0.3) is 11.8 Å². The zero-order chi connectivity index (χ0) is 20.1. The standard InChI is InChI=1S/C19H20ClN3O5/c20-14-7-3-2-6-13(14)8-9-16(25)28-12-15(24)22-23-17(26)19(21-18(23)27)10-4-1-5-11-19/h2-3,6-9H,1,4-5,10-12H2,(H,21,27)(H,22,24)/b9-8+. The molecule has 2 N–H and O–H groups in total. The monoisotopic (exact) mass is 405 g/mol. The SMILES string of the molecule is O=C(COC(=O)/C=C/c1ccccc1Cl)NN1C(=O)NC2(CCCCC2)C1=O. The molecule has 1 aliphatic carbocycles. The lowest BCUT2D eigenvalue weighted by atomic mass is 9.82. The van der Waals surface area contributed by atoms with Crippen molar-refractivity contribution in [1.82, 2.24) is 15.8 Å². The molecule has 2 aliphatic rings. The molecule has 0 radical (unpaired) electrons. The summed E-state index contributed by atoms with van der Waals surface area (Å²) in [6.07, 6.45) is 6.38. The van der Waals surface area contributed by atoms with Crippen LogP contribution in [0.15, 0.2) is 30.3 Å². The minimum absolute atomic E-state index is 0.472. The predicted octanol–water partition coefficient (Wildman–Crippen LogP) is 2.18. The summed E-state index contributed by atoms with van der Waals surface area (Å²) in [5, 5.41) is 3.81. The molecule has 1 aliphatic heterocycles. The van der Waals surface area contributed by atoms with Gasteiger partial charge < -0.3 is 10.1 Å². The van der Waals surface area contributed by atoms with Crippen LogP contribution in [-0.2, 0) is 19.1 Å². The van der Waals surface area contributed by atoms with Gasteiger partial charge in [0.1, 0.15) is 5.54 Å². The van der Waals surface area contributed by atoms with Crippen LogP contribution < -0.4 is 10.7 Å². The summed E-state index contributed by atoms with van der Waals surface area (Å²) in [7, 11) is 0. The molecule has 0 unspecified atom stereocenters. The number of ether oxygens (including phenoxy) is 1. The number of urea groups is 1. The zero-order valence-electron chi connectivity index (χ0n) is 15.1. The molecule has 1 spiro atoms. The highest BCUT2D eigenvalue weighted by molar-refractivity contribution is 6.32. The van der Waals surface area contributed by atoms with E-state index in [0.29, 0.717) is 28.4 Å². The molecular formula is C19H20ClN3O5. The highest BCUT2D eigenvalue weighted by atomic mass is 35.5. The Hall–Kier alpha value is -2.87. The van der Waals surface area contributed by atoms with Crippen LogP contribution in [0.2, 0.25) is 5.02 Å². The van der Waals surface area contributed by atoms with Crippen LogP contribution in [0.5, 0.6) is 0 Å². The minimum atomic E-state index is -0.934. The molecule has 1 saturated heterocycles. The van der Waals surface area contributed by atoms with Crippen molar-refractivity contribution in [1.29, 1.82) is 0 Å². The van der Waals surface area contributed by atoms with E-state index < -0.39 is 36.0 Å². The van der Waals surface area contributed by atoms with Crippen molar-refractivity contribution in [2.75, 3.05) is 6.61 Å². The third-order valence-corrected chi connectivity index (χ3v) is 5.10. The number of benzene rings is 1. The maximum Gasteiger partial charge on any atom is 0.344 e. The van der Waals surface area contributed by atoms with E-state index in [4.69, 9.17) is 16.3 Å². The average Bonchev–Trinajstić information content (AvgIpc) is 2.90. The highest BCUT2D eigenvalue weighted by Gasteiger charge is 2.52. The number of amides is 4. The fourth-order valence-electron chi connectivity index (χ4n) is 3.33. The average molecular weight is 406 g/mol. The summed E-state index contributed by atoms with van der Waals surface area (Å²) in [5.41, 5.74) is 1.89. The third-order valence-electron chi connectivity index (χ3n) is 4.76. The lowest BCUT2D eigenvalue weighted by Gasteiger charge is -2.30. The Bertz CT molecular complexity index is 833. The minimum Gasteiger partial charge on any atom is -0.452 e. The van der Waals surface area contributed by atoms with Gasteiger partial charge in [-0.3, -0.25) is 15.0 Å². The Morgan fingerprint density at radius 3 is 2.64 bits per heavy atom. The van der Waals surface area contributed by atoms with Crippen LogP contribution in [0.25, 0.3) is 6.08 Å². The van der Waals surface area contributed by atoms with Crippen molar-refractivity contribution in [3.05, 3.63) is 40.9 Å². The topological polar surface area (TPSA) is 105 Å². The van der Waals surface area contributed by atoms with Gasteiger partial charge in [0, 0.05) is 11.1 Å². The first kappa shape index (κ1) is 19.9. The van der Waals surface area contributed by atoms with E-state index in [9.17, 15) is 19.2 Å². The summed E-state index contributed by atoms with van der Waals surface area (Å²) < 4.78 is 4.83. The molecule has 9 heteroatoms. The third kappa shape index (κ3) is 4.33. The molecule has 4 amide bonds. The van der Waals surface area contributed by atoms with Crippen LogP contribution in [0.4, 0.5) is 4.79 Å². The van der Waals surface area contributed by atoms with E-state index >= 15 is 0 Å². The Kier molecular flexibility index (Phi) is 5.99. The Morgan fingerprint density at radius 1 is 1.21 bits per heavy atom. The molecule has 0 bridgehead atoms. The second-order valence-electron chi connectivity index (χ2n) is 6.71. The molecule has 1 heterocycles. The number of nitrogens with one attached hydrogen (secondary N) is 2. The normalized spacial score (nSPS) is 18.4. The van der Waals surface area contributed by atoms with Gasteiger partial charge in [-0.2, -0.15) is 5.01 Å². The number of carbonyl (C=O) groups excluding carboxylic acids is 4. The number of carbonyl (C=O) groups is 4. The molecule has 0 atom stereocenters. The maximum atomic E-state index is 12.6. The molecule has 1 aromatic rings. The van der Waals surface area contributed by atoms with Gasteiger partial charge in [0.05, 0.1) is 0 Å². The molecule has 2 fully saturated rings. The summed E-state index contributed by atoms with van der Waals surface area (Å²) in [4.78, 5) is 48.4. The van der Waals surface area contributed by atoms with Crippen molar-refractivity contribution in [3.63, 3.8) is 0 Å². The van der Waals surface area contributed by atoms with E-state index in [2.05, 4.69) is 10.7 Å². The van der Waals surface area contributed by atoms with Gasteiger partial charge in [0.15, 0.2) is 6.61 Å². The zero-order valence-corrected chi connectivity index (χ0v) is 15.8. The Morgan fingerprint density at radius 2 is 1.93 bits per heavy atom. The van der Waals surface area contributed by atoms with Gasteiger partial charge >= 0.3 is 12.0 Å². The lowest BCUT2D eigenvalue weighted by Crippen LogP contribution is -2.51. The summed E-state index contributed by atoms with van der Waals surface area (Å²) in [6, 6.07) is 6.25. The number of nitrogens with zero attached hydrogens (tertiary/aromatic N) is 1. The first-order valence-electron chi connectivity index (χ1n) is 8.97. The van der Waals surface area contributed by atoms with Crippen LogP contribution in [0.1, 0.15) is 37.7 Å². The smallest absolute Gasteiger partial charge is 0.344 e. The number of esters is 1. The van der Waals surface area contributed by atoms with Crippen LogP contribution in [0, 0.1) is 0 Å². The summed E-state index contributed by atoms with van der Waals surface area (Å²) >= 11 is 5.98. The maximum absolute atomic E-state index is 12.6. The second-order valence-corrected chi connectivity index (χ2v) is 7.12. The lowest BCUT2D eigenvalue weighted by molar-refractivity contribution is -0.147. The number of hydrazine groups is 1. The Balaban J connectivity index is 1.50. The summed E-state index contributed by atoms with van der Waals surface area (Å²) in [5.74, 6) is -2.01. The van der Waals surface area contributed by atoms with Gasteiger partial charge in [-0.15, -0.1) is 0 Å². The molecule has 3 rings (SSSR count). The molecule has 8 nitrogen and oxygen atoms in total. The molecular weight excluding hydrogens is 386 g/mol. The van der Waals surface area contributed by atoms with Crippen LogP contribution >= 0.6 is 11.6 Å². The molecule has 1 aromatic carbocycles. The van der Waals surface area contributed by atoms with Gasteiger partial charge in [-0.1, -0.05) is 49.1 Å². The molecule has 28 heavy (non-hydrogen) atoms. The number of hydrogen-bond acceptors (Lipinski definition) is 5. The predicted molar refractivity (Wildman–Crippen MR) is 101 cm³/mol. The number of rotatable bonds is 5. The highest BCUT2D eigenvalue weighted by Crippen LogP contribution is 2.32. The molecule has 1 saturated carbocycles. The van der Waals surface area contributed by atoms with Gasteiger partial charge in [-0.05, 0) is 30.5 Å². The quantitative estimate of drug-likeness (QED) is 0.444. The van der Waals surface area contributed by atoms with Crippen molar-refractivity contribution < 1.29 is 23.9 Å². The Labute approximate surface area is 166 Å². The van der Waals surface area contributed by atoms with Gasteiger partial charge in [0.2, 0.25) is 0 Å². The van der Waals surface area contributed by atoms with Gasteiger partial charge in [-0.25, -0.2) is 9.59 Å². The van der Waals surface area contributed by atoms with Crippen molar-refractivity contribution in [2.24, 2.45) is 0 Å². The second kappa shape index (κ2) is 8.43. The van der Waals surface area contributed by atoms with Crippen LogP contribution in [-0.4, -0.2) is 41.0 Å². The van der Waals surface area contributed by atoms with Crippen molar-refractivity contribution in [2.45, 2.75) is 37.6 Å². The largest absolute Gasteiger partial charge is 0.452 e. The first-order valence-corrected chi connectivity index (χ1v) is 9.35. The van der Waals surface area contributed by atoms with Crippen molar-refractivity contribution in [3.8, 4) is 0 Å². The fraction of sp³-hybridized carbons (Fsp3) is 0.368. The first-order chi connectivity index (χ1) is 13.4. The number of hydrogen-bond donors (Lipinski definition) is 2. The van der Waals surface area contributed by atoms with E-state index in [1.807, 2.05) is 0 Å². The number of halogens is 1. The van der Waals surface area contributed by atoms with Crippen molar-refractivity contribution >= 4 is 41.5 Å². The fourth-order valence-corrected chi connectivity index (χ4v) is 3.52. The van der Waals surface area contributed by atoms with Crippen LogP contribution in [0.3, 0.4) is 0 Å². The molecule has 148 valence electrons. The van der Waals surface area contributed by atoms with E-state index in [1.165, 1.54) is 6.08 Å². The summed E-state index contributed by atoms with van der Waals surface area (Å²) in [6.45, 7) is -0.629. The number of imide groups is 1. The molecule has 0 aromatic heterocycles. The van der Waals surface area contributed by atoms with E-state index in [0.717, 1.165) is 25.3 Å². The van der Waals surface area contributed by atoms with E-state index in [-0.39, 0.29) is 0 Å². The van der Waals surface area contributed by atoms with E-state index in [1.54, 1.807) is 24.3 Å².